The first-order chi connectivity index (χ1) is 12.3. The largest absolute Gasteiger partial charge is 0.478 e. The van der Waals surface area contributed by atoms with Crippen molar-refractivity contribution < 1.29 is 9.26 Å². The van der Waals surface area contributed by atoms with Gasteiger partial charge in [-0.05, 0) is 32.1 Å². The molecule has 0 aromatic carbocycles. The summed E-state index contributed by atoms with van der Waals surface area (Å²) in [7, 11) is 0. The lowest BCUT2D eigenvalue weighted by Gasteiger charge is -2.47. The molecule has 0 radical (unpaired) electrons. The zero-order valence-electron chi connectivity index (χ0n) is 16.7. The van der Waals surface area contributed by atoms with E-state index in [1.165, 1.54) is 16.8 Å². The lowest BCUT2D eigenvalue weighted by molar-refractivity contribution is 0.167. The maximum atomic E-state index is 5.96. The lowest BCUT2D eigenvalue weighted by Crippen LogP contribution is -2.45. The molecule has 0 saturated heterocycles. The van der Waals surface area contributed by atoms with Crippen LogP contribution >= 0.6 is 0 Å². The molecule has 5 nitrogen and oxygen atoms in total. The first-order valence-electron chi connectivity index (χ1n) is 9.73. The summed E-state index contributed by atoms with van der Waals surface area (Å²) >= 11 is 0. The topological polar surface area (TPSA) is 61.0 Å². The highest BCUT2D eigenvalue weighted by molar-refractivity contribution is 5.44. The van der Waals surface area contributed by atoms with Gasteiger partial charge in [-0.25, -0.2) is 4.98 Å². The van der Waals surface area contributed by atoms with Gasteiger partial charge in [-0.3, -0.25) is 0 Å². The summed E-state index contributed by atoms with van der Waals surface area (Å²) in [6.45, 7) is 13.8. The molecule has 3 atom stereocenters. The normalized spacial score (nSPS) is 27.5. The van der Waals surface area contributed by atoms with Gasteiger partial charge in [0.05, 0.1) is 18.5 Å². The van der Waals surface area contributed by atoms with Crippen LogP contribution in [0, 0.1) is 5.92 Å². The first-order valence-corrected chi connectivity index (χ1v) is 9.73. The van der Waals surface area contributed by atoms with E-state index in [9.17, 15) is 0 Å². The number of rotatable bonds is 2. The van der Waals surface area contributed by atoms with Gasteiger partial charge < -0.3 is 9.26 Å². The molecule has 2 aromatic heterocycles. The Kier molecular flexibility index (Phi) is 3.90. The van der Waals surface area contributed by atoms with Crippen molar-refractivity contribution in [3.63, 3.8) is 0 Å². The van der Waals surface area contributed by atoms with E-state index in [0.29, 0.717) is 18.4 Å². The van der Waals surface area contributed by atoms with E-state index in [2.05, 4.69) is 39.8 Å². The van der Waals surface area contributed by atoms with Gasteiger partial charge in [0.1, 0.15) is 11.6 Å². The van der Waals surface area contributed by atoms with Crippen LogP contribution in [0.25, 0.3) is 0 Å². The van der Waals surface area contributed by atoms with E-state index in [0.717, 1.165) is 36.7 Å². The van der Waals surface area contributed by atoms with Gasteiger partial charge in [0.25, 0.3) is 0 Å². The summed E-state index contributed by atoms with van der Waals surface area (Å²) in [5, 5.41) is 4.07. The molecule has 0 amide bonds. The summed E-state index contributed by atoms with van der Waals surface area (Å²) in [6, 6.07) is 0. The molecule has 0 spiro atoms. The molecule has 0 fully saturated rings. The lowest BCUT2D eigenvalue weighted by atomic mass is 9.56. The second-order valence-corrected chi connectivity index (χ2v) is 9.11. The highest BCUT2D eigenvalue weighted by Gasteiger charge is 2.51. The minimum Gasteiger partial charge on any atom is -0.478 e. The maximum absolute atomic E-state index is 5.96. The SMILES string of the molecule is CCOc1nc(C(C)(C)C)nc2c1CC[C@H]1[C@H](C)c3oncc3C[C@]21C. The minimum atomic E-state index is -0.118. The fourth-order valence-corrected chi connectivity index (χ4v) is 4.92. The van der Waals surface area contributed by atoms with Crippen molar-refractivity contribution in [3.05, 3.63) is 34.6 Å². The Morgan fingerprint density at radius 3 is 2.77 bits per heavy atom. The van der Waals surface area contributed by atoms with E-state index in [4.69, 9.17) is 19.2 Å². The molecule has 140 valence electrons. The Balaban J connectivity index is 1.92. The van der Waals surface area contributed by atoms with E-state index in [1.54, 1.807) is 0 Å². The monoisotopic (exact) mass is 355 g/mol. The molecule has 26 heavy (non-hydrogen) atoms. The molecule has 4 rings (SSSR count). The summed E-state index contributed by atoms with van der Waals surface area (Å²) in [4.78, 5) is 9.94. The predicted molar refractivity (Wildman–Crippen MR) is 99.7 cm³/mol. The van der Waals surface area contributed by atoms with Gasteiger partial charge in [0.2, 0.25) is 5.88 Å². The third-order valence-electron chi connectivity index (χ3n) is 6.24. The number of fused-ring (bicyclic) bond motifs is 4. The quantitative estimate of drug-likeness (QED) is 0.802. The first kappa shape index (κ1) is 17.5. The summed E-state index contributed by atoms with van der Waals surface area (Å²) in [5.74, 6) is 3.55. The van der Waals surface area contributed by atoms with E-state index >= 15 is 0 Å². The Bertz CT molecular complexity index is 836. The second kappa shape index (κ2) is 5.80. The minimum absolute atomic E-state index is 0.0413. The van der Waals surface area contributed by atoms with E-state index < -0.39 is 0 Å². The summed E-state index contributed by atoms with van der Waals surface area (Å²) in [5.41, 5.74) is 3.44. The van der Waals surface area contributed by atoms with Crippen molar-refractivity contribution in [3.8, 4) is 5.88 Å². The summed E-state index contributed by atoms with van der Waals surface area (Å²) < 4.78 is 11.5. The van der Waals surface area contributed by atoms with Crippen molar-refractivity contribution in [1.82, 2.24) is 15.1 Å². The molecule has 0 aliphatic heterocycles. The summed E-state index contributed by atoms with van der Waals surface area (Å²) in [6.07, 6.45) is 4.86. The van der Waals surface area contributed by atoms with Gasteiger partial charge >= 0.3 is 0 Å². The van der Waals surface area contributed by atoms with E-state index in [-0.39, 0.29) is 10.8 Å². The standard InChI is InChI=1S/C21H29N3O2/c1-7-25-18-14-8-9-15-12(2)16-13(11-22-26-16)10-21(15,6)17(14)23-19(24-18)20(3,4)5/h11-12,15H,7-10H2,1-6H3/t12-,15-,21-/m0/s1. The van der Waals surface area contributed by atoms with Crippen LogP contribution in [0.2, 0.25) is 0 Å². The van der Waals surface area contributed by atoms with Crippen LogP contribution in [-0.4, -0.2) is 21.7 Å². The Labute approximate surface area is 155 Å². The Morgan fingerprint density at radius 2 is 2.08 bits per heavy atom. The fraction of sp³-hybridized carbons (Fsp3) is 0.667. The van der Waals surface area contributed by atoms with Gasteiger partial charge in [-0.2, -0.15) is 4.98 Å². The van der Waals surface area contributed by atoms with Crippen molar-refractivity contribution >= 4 is 0 Å². The molecular formula is C21H29N3O2. The van der Waals surface area contributed by atoms with Gasteiger partial charge in [-0.1, -0.05) is 39.8 Å². The average Bonchev–Trinajstić information content (AvgIpc) is 3.02. The number of hydrogen-bond donors (Lipinski definition) is 0. The molecule has 2 aliphatic rings. The molecule has 2 aliphatic carbocycles. The molecule has 5 heteroatoms. The second-order valence-electron chi connectivity index (χ2n) is 9.11. The maximum Gasteiger partial charge on any atom is 0.220 e. The number of aromatic nitrogens is 3. The van der Waals surface area contributed by atoms with Crippen LogP contribution in [0.5, 0.6) is 5.88 Å². The van der Waals surface area contributed by atoms with Crippen LogP contribution in [0.3, 0.4) is 0 Å². The Hall–Kier alpha value is -1.91. The molecule has 2 heterocycles. The van der Waals surface area contributed by atoms with Crippen LogP contribution in [0.4, 0.5) is 0 Å². The van der Waals surface area contributed by atoms with Crippen LogP contribution in [-0.2, 0) is 23.7 Å². The Morgan fingerprint density at radius 1 is 1.31 bits per heavy atom. The molecule has 0 unspecified atom stereocenters. The van der Waals surface area contributed by atoms with Crippen molar-refractivity contribution in [2.24, 2.45) is 5.92 Å². The third kappa shape index (κ3) is 2.47. The molecule has 0 bridgehead atoms. The molecular weight excluding hydrogens is 326 g/mol. The number of ether oxygens (including phenoxy) is 1. The van der Waals surface area contributed by atoms with Crippen molar-refractivity contribution in [2.45, 2.75) is 77.6 Å². The van der Waals surface area contributed by atoms with Crippen LogP contribution < -0.4 is 4.74 Å². The molecule has 2 aromatic rings. The zero-order chi connectivity index (χ0) is 18.7. The smallest absolute Gasteiger partial charge is 0.220 e. The molecule has 0 N–H and O–H groups in total. The van der Waals surface area contributed by atoms with Gasteiger partial charge in [0, 0.05) is 27.9 Å². The van der Waals surface area contributed by atoms with Gasteiger partial charge in [-0.15, -0.1) is 0 Å². The highest BCUT2D eigenvalue weighted by atomic mass is 16.5. The van der Waals surface area contributed by atoms with Crippen molar-refractivity contribution in [2.75, 3.05) is 6.61 Å². The highest BCUT2D eigenvalue weighted by Crippen LogP contribution is 2.54. The fourth-order valence-electron chi connectivity index (χ4n) is 4.92. The average molecular weight is 355 g/mol. The van der Waals surface area contributed by atoms with Crippen LogP contribution in [0.15, 0.2) is 10.7 Å². The third-order valence-corrected chi connectivity index (χ3v) is 6.24. The predicted octanol–water partition coefficient (Wildman–Crippen LogP) is 4.34. The van der Waals surface area contributed by atoms with Crippen LogP contribution in [0.1, 0.15) is 82.3 Å². The van der Waals surface area contributed by atoms with Crippen molar-refractivity contribution in [1.29, 1.82) is 0 Å². The molecule has 0 saturated carbocycles. The van der Waals surface area contributed by atoms with Gasteiger partial charge in [0.15, 0.2) is 0 Å². The number of nitrogens with zero attached hydrogens (tertiary/aromatic N) is 3. The number of hydrogen-bond acceptors (Lipinski definition) is 5. The zero-order valence-corrected chi connectivity index (χ0v) is 16.7. The van der Waals surface area contributed by atoms with E-state index in [1.807, 2.05) is 13.1 Å².